The molecule has 6 heteroatoms. The molecule has 0 amide bonds. The smallest absolute Gasteiger partial charge is 0.134 e. The molecule has 0 unspecified atom stereocenters. The normalized spacial score (nSPS) is 12.2. The van der Waals surface area contributed by atoms with Gasteiger partial charge in [0.1, 0.15) is 46.0 Å². The number of hydrogen-bond donors (Lipinski definition) is 4. The van der Waals surface area contributed by atoms with Gasteiger partial charge in [-0.1, -0.05) is 121 Å². The molecule has 0 atom stereocenters. The third-order valence-corrected chi connectivity index (χ3v) is 11.9. The van der Waals surface area contributed by atoms with E-state index in [0.29, 0.717) is 93.2 Å². The highest BCUT2D eigenvalue weighted by atomic mass is 16.5. The second-order valence-corrected chi connectivity index (χ2v) is 16.1. The van der Waals surface area contributed by atoms with Crippen LogP contribution in [-0.4, -0.2) is 20.4 Å². The lowest BCUT2D eigenvalue weighted by Crippen LogP contribution is -2.03. The molecule has 0 spiro atoms. The standard InChI is InChI=1S/C58H44O6/c1-3-37-23-27-51(28-24-37)63-57-47-19-9-20-48(57)34-44-16-6-12-40(54(44)60)32-42-14-8-18-46(56(42)62)36-50-22-10-21-49(58(50)64-52-29-25-38(4-2)26-30-52)35-45-17-7-13-41(55(45)61)31-39-11-5-15-43(33-47)53(39)59/h1-2,5-30,59-62H,31-36H2. The van der Waals surface area contributed by atoms with Crippen LogP contribution in [0.5, 0.6) is 46.0 Å². The van der Waals surface area contributed by atoms with E-state index in [1.54, 1.807) is 0 Å². The third kappa shape index (κ3) is 8.59. The molecule has 0 radical (unpaired) electrons. The summed E-state index contributed by atoms with van der Waals surface area (Å²) in [5.74, 6) is 8.22. The van der Waals surface area contributed by atoms with Gasteiger partial charge in [-0.25, -0.2) is 0 Å². The molecule has 0 aromatic heterocycles. The minimum absolute atomic E-state index is 0.132. The predicted molar refractivity (Wildman–Crippen MR) is 251 cm³/mol. The quantitative estimate of drug-likeness (QED) is 0.132. The highest BCUT2D eigenvalue weighted by Gasteiger charge is 2.21. The first-order chi connectivity index (χ1) is 31.2. The minimum atomic E-state index is 0.132. The van der Waals surface area contributed by atoms with Crippen LogP contribution >= 0.6 is 0 Å². The lowest BCUT2D eigenvalue weighted by molar-refractivity contribution is 0.453. The number of rotatable bonds is 4. The largest absolute Gasteiger partial charge is 0.507 e. The van der Waals surface area contributed by atoms with Crippen molar-refractivity contribution in [2.45, 2.75) is 38.5 Å². The van der Waals surface area contributed by atoms with Crippen molar-refractivity contribution in [3.05, 3.63) is 236 Å². The zero-order chi connectivity index (χ0) is 44.2. The fourth-order valence-corrected chi connectivity index (χ4v) is 8.52. The molecule has 0 fully saturated rings. The van der Waals surface area contributed by atoms with Crippen molar-refractivity contribution in [1.29, 1.82) is 0 Å². The zero-order valence-electron chi connectivity index (χ0n) is 35.0. The van der Waals surface area contributed by atoms with E-state index >= 15 is 0 Å². The SMILES string of the molecule is C#Cc1ccc(Oc2c3cccc2Cc2cccc(c2O)Cc2cccc(c2O)Cc2cccc(c2Oc2ccc(C#C)cc2)Cc2cccc(c2O)Cc2cccc(c2O)C3)cc1. The van der Waals surface area contributed by atoms with Crippen molar-refractivity contribution in [2.75, 3.05) is 0 Å². The first kappa shape index (κ1) is 41.1. The summed E-state index contributed by atoms with van der Waals surface area (Å²) >= 11 is 0. The number of fused-ring (bicyclic) bond motifs is 12. The number of phenolic OH excluding ortho intramolecular Hbond substituents is 4. The van der Waals surface area contributed by atoms with E-state index in [2.05, 4.69) is 11.8 Å². The zero-order valence-corrected chi connectivity index (χ0v) is 35.0. The van der Waals surface area contributed by atoms with Gasteiger partial charge in [-0.15, -0.1) is 12.8 Å². The number of benzene rings is 8. The Hall–Kier alpha value is -8.32. The Labute approximate surface area is 373 Å². The molecule has 1 aliphatic rings. The van der Waals surface area contributed by atoms with Gasteiger partial charge in [-0.3, -0.25) is 0 Å². The second-order valence-electron chi connectivity index (χ2n) is 16.1. The lowest BCUT2D eigenvalue weighted by Gasteiger charge is -2.19. The number of para-hydroxylation sites is 6. The summed E-state index contributed by atoms with van der Waals surface area (Å²) in [6.07, 6.45) is 13.2. The summed E-state index contributed by atoms with van der Waals surface area (Å²) in [6.45, 7) is 0. The Balaban J connectivity index is 1.18. The maximum atomic E-state index is 11.9. The second kappa shape index (κ2) is 18.0. The minimum Gasteiger partial charge on any atom is -0.507 e. The van der Waals surface area contributed by atoms with Gasteiger partial charge in [-0.05, 0) is 115 Å². The van der Waals surface area contributed by atoms with Crippen LogP contribution in [0.3, 0.4) is 0 Å². The van der Waals surface area contributed by atoms with Gasteiger partial charge in [-0.2, -0.15) is 0 Å². The van der Waals surface area contributed by atoms with Gasteiger partial charge in [0.25, 0.3) is 0 Å². The van der Waals surface area contributed by atoms with Crippen LogP contribution in [0.1, 0.15) is 77.9 Å². The Morgan fingerprint density at radius 3 is 0.719 bits per heavy atom. The Bertz CT molecular complexity index is 2760. The molecule has 12 bridgehead atoms. The van der Waals surface area contributed by atoms with E-state index in [1.807, 2.05) is 158 Å². The van der Waals surface area contributed by atoms with E-state index in [0.717, 1.165) is 33.4 Å². The van der Waals surface area contributed by atoms with Crippen LogP contribution in [0.15, 0.2) is 158 Å². The molecular weight excluding hydrogens is 793 g/mol. The highest BCUT2D eigenvalue weighted by Crippen LogP contribution is 2.41. The van der Waals surface area contributed by atoms with Gasteiger partial charge < -0.3 is 29.9 Å². The molecule has 8 aromatic rings. The van der Waals surface area contributed by atoms with Crippen molar-refractivity contribution in [3.63, 3.8) is 0 Å². The lowest BCUT2D eigenvalue weighted by atomic mass is 9.91. The van der Waals surface area contributed by atoms with Crippen molar-refractivity contribution in [3.8, 4) is 70.7 Å². The van der Waals surface area contributed by atoms with Crippen molar-refractivity contribution in [2.24, 2.45) is 0 Å². The third-order valence-electron chi connectivity index (χ3n) is 11.9. The number of phenols is 4. The summed E-state index contributed by atoms with van der Waals surface area (Å²) in [6, 6.07) is 49.2. The van der Waals surface area contributed by atoms with Crippen LogP contribution in [-0.2, 0) is 38.5 Å². The Kier molecular flexibility index (Phi) is 11.5. The summed E-state index contributed by atoms with van der Waals surface area (Å²) in [4.78, 5) is 0. The molecule has 9 rings (SSSR count). The topological polar surface area (TPSA) is 99.4 Å². The molecule has 8 aromatic carbocycles. The van der Waals surface area contributed by atoms with Crippen LogP contribution < -0.4 is 9.47 Å². The van der Waals surface area contributed by atoms with E-state index in [4.69, 9.17) is 22.3 Å². The van der Waals surface area contributed by atoms with Gasteiger partial charge in [0.2, 0.25) is 0 Å². The van der Waals surface area contributed by atoms with Gasteiger partial charge in [0.15, 0.2) is 0 Å². The number of hydrogen-bond acceptors (Lipinski definition) is 6. The number of ether oxygens (including phenoxy) is 2. The maximum Gasteiger partial charge on any atom is 0.134 e. The summed E-state index contributed by atoms with van der Waals surface area (Å²) in [7, 11) is 0. The molecule has 6 nitrogen and oxygen atoms in total. The fraction of sp³-hybridized carbons (Fsp3) is 0.103. The van der Waals surface area contributed by atoms with Crippen molar-refractivity contribution in [1.82, 2.24) is 0 Å². The van der Waals surface area contributed by atoms with Crippen molar-refractivity contribution >= 4 is 0 Å². The van der Waals surface area contributed by atoms with E-state index in [9.17, 15) is 20.4 Å². The molecular formula is C58H44O6. The fourth-order valence-electron chi connectivity index (χ4n) is 8.52. The summed E-state index contributed by atoms with van der Waals surface area (Å²) in [5, 5.41) is 47.6. The molecule has 0 aliphatic heterocycles. The van der Waals surface area contributed by atoms with E-state index in [-0.39, 0.29) is 35.8 Å². The van der Waals surface area contributed by atoms with Gasteiger partial charge in [0.05, 0.1) is 0 Å². The average Bonchev–Trinajstić information content (AvgIpc) is 3.31. The summed E-state index contributed by atoms with van der Waals surface area (Å²) < 4.78 is 13.3. The molecule has 0 saturated heterocycles. The predicted octanol–water partition coefficient (Wildman–Crippen LogP) is 11.9. The van der Waals surface area contributed by atoms with Crippen LogP contribution in [0.2, 0.25) is 0 Å². The first-order valence-electron chi connectivity index (χ1n) is 21.1. The molecule has 0 heterocycles. The van der Waals surface area contributed by atoms with Crippen LogP contribution in [0, 0.1) is 24.7 Å². The number of aromatic hydroxyl groups is 4. The Morgan fingerprint density at radius 2 is 0.500 bits per heavy atom. The van der Waals surface area contributed by atoms with E-state index in [1.165, 1.54) is 0 Å². The molecule has 64 heavy (non-hydrogen) atoms. The van der Waals surface area contributed by atoms with E-state index < -0.39 is 0 Å². The van der Waals surface area contributed by atoms with Crippen LogP contribution in [0.4, 0.5) is 0 Å². The maximum absolute atomic E-state index is 11.9. The summed E-state index contributed by atoms with van der Waals surface area (Å²) in [5.41, 5.74) is 10.2. The number of terminal acetylenes is 2. The molecule has 312 valence electrons. The van der Waals surface area contributed by atoms with Gasteiger partial charge >= 0.3 is 0 Å². The molecule has 1 aliphatic carbocycles. The highest BCUT2D eigenvalue weighted by molar-refractivity contribution is 5.57. The van der Waals surface area contributed by atoms with Gasteiger partial charge in [0, 0.05) is 49.7 Å². The monoisotopic (exact) mass is 836 g/mol. The van der Waals surface area contributed by atoms with Crippen LogP contribution in [0.25, 0.3) is 0 Å². The van der Waals surface area contributed by atoms with Crippen molar-refractivity contribution < 1.29 is 29.9 Å². The molecule has 4 N–H and O–H groups in total. The Morgan fingerprint density at radius 1 is 0.297 bits per heavy atom. The molecule has 0 saturated carbocycles. The first-order valence-corrected chi connectivity index (χ1v) is 21.1. The average molecular weight is 837 g/mol.